The molecule has 0 aliphatic rings. The molecule has 0 fully saturated rings. The van der Waals surface area contributed by atoms with Crippen LogP contribution in [0, 0.1) is 0 Å². The third-order valence-corrected chi connectivity index (χ3v) is 1.83. The van der Waals surface area contributed by atoms with Crippen LogP contribution in [0.3, 0.4) is 0 Å². The van der Waals surface area contributed by atoms with Gasteiger partial charge in [0.2, 0.25) is 0 Å². The number of hydrogen-bond acceptors (Lipinski definition) is 5. The van der Waals surface area contributed by atoms with E-state index in [-0.39, 0.29) is 6.54 Å². The molecule has 0 amide bonds. The molecule has 13 heavy (non-hydrogen) atoms. The summed E-state index contributed by atoms with van der Waals surface area (Å²) in [6.07, 6.45) is -0.296. The van der Waals surface area contributed by atoms with E-state index < -0.39 is 12.2 Å². The second-order valence-corrected chi connectivity index (χ2v) is 2.98. The molecule has 0 radical (unpaired) electrons. The molecule has 0 saturated carbocycles. The van der Waals surface area contributed by atoms with E-state index in [2.05, 4.69) is 5.10 Å². The van der Waals surface area contributed by atoms with Crippen molar-refractivity contribution in [3.05, 3.63) is 6.20 Å². The summed E-state index contributed by atoms with van der Waals surface area (Å²) < 4.78 is 1.35. The molecule has 1 heterocycles. The van der Waals surface area contributed by atoms with Gasteiger partial charge in [0.25, 0.3) is 0 Å². The molecular weight excluding hydrogens is 172 g/mol. The number of nitrogens with zero attached hydrogens (tertiary/aromatic N) is 2. The zero-order chi connectivity index (χ0) is 10.0. The van der Waals surface area contributed by atoms with Crippen LogP contribution in [0.5, 0.6) is 0 Å². The highest BCUT2D eigenvalue weighted by Crippen LogP contribution is 2.13. The molecule has 0 aliphatic carbocycles. The average molecular weight is 186 g/mol. The van der Waals surface area contributed by atoms with E-state index in [1.165, 1.54) is 17.8 Å². The normalized spacial score (nSPS) is 15.6. The van der Waals surface area contributed by atoms with Crippen LogP contribution in [0.25, 0.3) is 0 Å². The maximum Gasteiger partial charge on any atom is 0.145 e. The molecule has 0 spiro atoms. The first-order valence-electron chi connectivity index (χ1n) is 3.95. The number of nitrogen functional groups attached to an aromatic ring is 2. The van der Waals surface area contributed by atoms with Gasteiger partial charge in [0, 0.05) is 0 Å². The van der Waals surface area contributed by atoms with E-state index in [4.69, 9.17) is 16.6 Å². The maximum absolute atomic E-state index is 9.31. The average Bonchev–Trinajstić information content (AvgIpc) is 2.36. The third-order valence-electron chi connectivity index (χ3n) is 1.83. The van der Waals surface area contributed by atoms with Crippen molar-refractivity contribution in [2.75, 3.05) is 11.5 Å². The number of aliphatic hydroxyl groups excluding tert-OH is 2. The van der Waals surface area contributed by atoms with E-state index in [9.17, 15) is 5.11 Å². The van der Waals surface area contributed by atoms with Gasteiger partial charge in [-0.1, -0.05) is 0 Å². The van der Waals surface area contributed by atoms with Gasteiger partial charge >= 0.3 is 0 Å². The Labute approximate surface area is 75.8 Å². The smallest absolute Gasteiger partial charge is 0.145 e. The van der Waals surface area contributed by atoms with Crippen LogP contribution in [0.4, 0.5) is 11.5 Å². The van der Waals surface area contributed by atoms with Gasteiger partial charge in [-0.05, 0) is 6.92 Å². The number of rotatable bonds is 3. The lowest BCUT2D eigenvalue weighted by molar-refractivity contribution is 0.0190. The van der Waals surface area contributed by atoms with Crippen molar-refractivity contribution in [2.24, 2.45) is 0 Å². The Hall–Kier alpha value is -1.27. The molecule has 6 N–H and O–H groups in total. The minimum absolute atomic E-state index is 0.140. The Morgan fingerprint density at radius 1 is 1.54 bits per heavy atom. The highest BCUT2D eigenvalue weighted by Gasteiger charge is 2.14. The Kier molecular flexibility index (Phi) is 2.74. The molecule has 0 bridgehead atoms. The first-order valence-corrected chi connectivity index (χ1v) is 3.95. The zero-order valence-corrected chi connectivity index (χ0v) is 7.38. The fraction of sp³-hybridized carbons (Fsp3) is 0.571. The summed E-state index contributed by atoms with van der Waals surface area (Å²) in [6, 6.07) is 0. The van der Waals surface area contributed by atoms with Gasteiger partial charge in [0.15, 0.2) is 0 Å². The molecule has 1 rings (SSSR count). The van der Waals surface area contributed by atoms with Crippen molar-refractivity contribution >= 4 is 11.5 Å². The minimum atomic E-state index is -0.887. The molecule has 2 atom stereocenters. The molecular formula is C7H14N4O2. The molecule has 74 valence electrons. The van der Waals surface area contributed by atoms with Crippen molar-refractivity contribution < 1.29 is 10.2 Å². The van der Waals surface area contributed by atoms with Crippen LogP contribution in [-0.2, 0) is 6.54 Å². The van der Waals surface area contributed by atoms with Crippen LogP contribution >= 0.6 is 0 Å². The highest BCUT2D eigenvalue weighted by atomic mass is 16.3. The van der Waals surface area contributed by atoms with Gasteiger partial charge in [0.1, 0.15) is 5.82 Å². The Balaban J connectivity index is 2.69. The molecule has 0 aromatic carbocycles. The molecule has 0 aliphatic heterocycles. The fourth-order valence-electron chi connectivity index (χ4n) is 0.884. The number of aromatic nitrogens is 2. The molecule has 1 aromatic heterocycles. The fourth-order valence-corrected chi connectivity index (χ4v) is 0.884. The van der Waals surface area contributed by atoms with Gasteiger partial charge in [0.05, 0.1) is 30.6 Å². The van der Waals surface area contributed by atoms with Gasteiger partial charge in [-0.2, -0.15) is 5.10 Å². The van der Waals surface area contributed by atoms with E-state index in [0.29, 0.717) is 11.5 Å². The number of aliphatic hydroxyl groups is 2. The van der Waals surface area contributed by atoms with Gasteiger partial charge in [-0.25, -0.2) is 4.68 Å². The quantitative estimate of drug-likeness (QED) is 0.473. The lowest BCUT2D eigenvalue weighted by Gasteiger charge is -2.13. The SMILES string of the molecule is CC(O)C(O)Cn1ncc(N)c1N. The highest BCUT2D eigenvalue weighted by molar-refractivity contribution is 5.56. The Morgan fingerprint density at radius 2 is 2.15 bits per heavy atom. The second-order valence-electron chi connectivity index (χ2n) is 2.98. The van der Waals surface area contributed by atoms with E-state index in [1.54, 1.807) is 0 Å². The minimum Gasteiger partial charge on any atom is -0.394 e. The van der Waals surface area contributed by atoms with E-state index >= 15 is 0 Å². The van der Waals surface area contributed by atoms with Crippen molar-refractivity contribution in [2.45, 2.75) is 25.7 Å². The number of hydrogen-bond donors (Lipinski definition) is 4. The van der Waals surface area contributed by atoms with Gasteiger partial charge < -0.3 is 21.7 Å². The zero-order valence-electron chi connectivity index (χ0n) is 7.38. The molecule has 6 nitrogen and oxygen atoms in total. The Morgan fingerprint density at radius 3 is 2.54 bits per heavy atom. The molecule has 6 heteroatoms. The van der Waals surface area contributed by atoms with Crippen LogP contribution in [0.15, 0.2) is 6.20 Å². The molecule has 2 unspecified atom stereocenters. The number of anilines is 2. The summed E-state index contributed by atoms with van der Waals surface area (Å²) in [5.41, 5.74) is 11.3. The predicted molar refractivity (Wildman–Crippen MR) is 48.7 cm³/mol. The summed E-state index contributed by atoms with van der Waals surface area (Å²) >= 11 is 0. The number of nitrogens with two attached hydrogens (primary N) is 2. The lowest BCUT2D eigenvalue weighted by atomic mass is 10.2. The summed E-state index contributed by atoms with van der Waals surface area (Å²) in [5, 5.41) is 22.2. The van der Waals surface area contributed by atoms with Crippen LogP contribution in [0.1, 0.15) is 6.92 Å². The van der Waals surface area contributed by atoms with Crippen molar-refractivity contribution in [1.29, 1.82) is 0 Å². The van der Waals surface area contributed by atoms with Crippen LogP contribution in [0.2, 0.25) is 0 Å². The summed E-state index contributed by atoms with van der Waals surface area (Å²) in [5.74, 6) is 0.305. The Bertz CT molecular complexity index is 284. The molecule has 0 saturated heterocycles. The van der Waals surface area contributed by atoms with Crippen molar-refractivity contribution in [3.8, 4) is 0 Å². The van der Waals surface area contributed by atoms with Crippen molar-refractivity contribution in [1.82, 2.24) is 9.78 Å². The first-order chi connectivity index (χ1) is 6.02. The summed E-state index contributed by atoms with van der Waals surface area (Å²) in [7, 11) is 0. The summed E-state index contributed by atoms with van der Waals surface area (Å²) in [4.78, 5) is 0. The maximum atomic E-state index is 9.31. The van der Waals surface area contributed by atoms with Crippen LogP contribution in [-0.4, -0.2) is 32.2 Å². The standard InChI is InChI=1S/C7H14N4O2/c1-4(12)6(13)3-11-7(9)5(8)2-10-11/h2,4,6,12-13H,3,8-9H2,1H3. The second kappa shape index (κ2) is 3.63. The predicted octanol–water partition coefficient (Wildman–Crippen LogP) is -1.21. The van der Waals surface area contributed by atoms with E-state index in [1.807, 2.05) is 0 Å². The third kappa shape index (κ3) is 2.10. The molecule has 1 aromatic rings. The largest absolute Gasteiger partial charge is 0.394 e. The van der Waals surface area contributed by atoms with Crippen LogP contribution < -0.4 is 11.5 Å². The monoisotopic (exact) mass is 186 g/mol. The summed E-state index contributed by atoms with van der Waals surface area (Å²) in [6.45, 7) is 1.63. The topological polar surface area (TPSA) is 110 Å². The van der Waals surface area contributed by atoms with Gasteiger partial charge in [-0.3, -0.25) is 0 Å². The van der Waals surface area contributed by atoms with Gasteiger partial charge in [-0.15, -0.1) is 0 Å². The van der Waals surface area contributed by atoms with Crippen molar-refractivity contribution in [3.63, 3.8) is 0 Å². The lowest BCUT2D eigenvalue weighted by Crippen LogP contribution is -2.28. The first kappa shape index (κ1) is 9.82. The van der Waals surface area contributed by atoms with E-state index in [0.717, 1.165) is 0 Å².